The molecule has 0 bridgehead atoms. The van der Waals surface area contributed by atoms with Gasteiger partial charge in [0, 0.05) is 26.6 Å². The summed E-state index contributed by atoms with van der Waals surface area (Å²) in [7, 11) is 0. The molecule has 0 amide bonds. The van der Waals surface area contributed by atoms with Crippen molar-refractivity contribution in [1.82, 2.24) is 0 Å². The van der Waals surface area contributed by atoms with Crippen molar-refractivity contribution < 1.29 is 4.79 Å². The van der Waals surface area contributed by atoms with Crippen LogP contribution in [0.2, 0.25) is 0 Å². The Labute approximate surface area is 120 Å². The smallest absolute Gasteiger partial charge is 0.124 e. The van der Waals surface area contributed by atoms with Crippen molar-refractivity contribution in [2.75, 3.05) is 0 Å². The summed E-state index contributed by atoms with van der Waals surface area (Å²) in [4.78, 5) is 11.0. The largest absolute Gasteiger partial charge is 0.303 e. The Morgan fingerprint density at radius 3 is 2.55 bits per heavy atom. The van der Waals surface area contributed by atoms with Gasteiger partial charge in [0.25, 0.3) is 0 Å². The quantitative estimate of drug-likeness (QED) is 0.473. The molecule has 0 fully saturated rings. The molecule has 1 heterocycles. The van der Waals surface area contributed by atoms with Crippen LogP contribution in [-0.4, -0.2) is 6.29 Å². The molecule has 4 rings (SSSR count). The standard InChI is InChI=1S/C18H12OS/c19-10-9-13-11-12-5-1-2-6-14(12)18-17(13)15-7-3-4-8-16(15)20-18/h1-8,10-11H,9H2. The SMILES string of the molecule is O=CCc1cc2ccccc2c2sc3ccccc3c12. The highest BCUT2D eigenvalue weighted by molar-refractivity contribution is 7.26. The Bertz CT molecular complexity index is 950. The van der Waals surface area contributed by atoms with Crippen molar-refractivity contribution in [3.63, 3.8) is 0 Å². The minimum atomic E-state index is 0.474. The molecule has 0 saturated carbocycles. The molecular formula is C18H12OS. The Hall–Kier alpha value is -2.19. The molecule has 96 valence electrons. The predicted molar refractivity (Wildman–Crippen MR) is 86.6 cm³/mol. The highest BCUT2D eigenvalue weighted by Gasteiger charge is 2.12. The second-order valence-corrected chi connectivity index (χ2v) is 5.98. The van der Waals surface area contributed by atoms with Gasteiger partial charge in [0.15, 0.2) is 0 Å². The van der Waals surface area contributed by atoms with Crippen LogP contribution in [0, 0.1) is 0 Å². The van der Waals surface area contributed by atoms with Gasteiger partial charge >= 0.3 is 0 Å². The van der Waals surface area contributed by atoms with E-state index in [0.29, 0.717) is 6.42 Å². The number of carbonyl (C=O) groups is 1. The second-order valence-electron chi connectivity index (χ2n) is 4.93. The topological polar surface area (TPSA) is 17.1 Å². The molecule has 4 aromatic rings. The molecule has 0 saturated heterocycles. The van der Waals surface area contributed by atoms with Crippen LogP contribution >= 0.6 is 11.3 Å². The molecule has 0 atom stereocenters. The van der Waals surface area contributed by atoms with E-state index in [4.69, 9.17) is 0 Å². The van der Waals surface area contributed by atoms with Crippen LogP contribution < -0.4 is 0 Å². The molecular weight excluding hydrogens is 264 g/mol. The maximum atomic E-state index is 11.0. The first-order valence-electron chi connectivity index (χ1n) is 6.64. The highest BCUT2D eigenvalue weighted by atomic mass is 32.1. The van der Waals surface area contributed by atoms with Gasteiger partial charge in [-0.1, -0.05) is 48.5 Å². The summed E-state index contributed by atoms with van der Waals surface area (Å²) in [5.41, 5.74) is 1.13. The fourth-order valence-corrected chi connectivity index (χ4v) is 4.18. The number of hydrogen-bond acceptors (Lipinski definition) is 2. The van der Waals surface area contributed by atoms with Crippen LogP contribution in [0.4, 0.5) is 0 Å². The zero-order valence-corrected chi connectivity index (χ0v) is 11.6. The minimum absolute atomic E-state index is 0.474. The third-order valence-corrected chi connectivity index (χ3v) is 4.96. The molecule has 1 aromatic heterocycles. The summed E-state index contributed by atoms with van der Waals surface area (Å²) in [5.74, 6) is 0. The second kappa shape index (κ2) is 4.43. The van der Waals surface area contributed by atoms with Crippen molar-refractivity contribution in [1.29, 1.82) is 0 Å². The average molecular weight is 276 g/mol. The molecule has 0 unspecified atom stereocenters. The molecule has 2 heteroatoms. The number of thiophene rings is 1. The van der Waals surface area contributed by atoms with Crippen molar-refractivity contribution in [2.24, 2.45) is 0 Å². The summed E-state index contributed by atoms with van der Waals surface area (Å²) < 4.78 is 2.58. The Morgan fingerprint density at radius 1 is 0.950 bits per heavy atom. The number of aldehydes is 1. The minimum Gasteiger partial charge on any atom is -0.303 e. The number of benzene rings is 3. The van der Waals surface area contributed by atoms with Crippen molar-refractivity contribution in [3.8, 4) is 0 Å². The zero-order chi connectivity index (χ0) is 13.5. The summed E-state index contributed by atoms with van der Waals surface area (Å²) in [6, 6.07) is 19.0. The molecule has 1 nitrogen and oxygen atoms in total. The van der Waals surface area contributed by atoms with Crippen LogP contribution in [0.25, 0.3) is 30.9 Å². The zero-order valence-electron chi connectivity index (χ0n) is 10.8. The lowest BCUT2D eigenvalue weighted by molar-refractivity contribution is -0.107. The maximum Gasteiger partial charge on any atom is 0.124 e. The van der Waals surface area contributed by atoms with Gasteiger partial charge in [0.05, 0.1) is 0 Å². The number of rotatable bonds is 2. The third-order valence-electron chi connectivity index (χ3n) is 3.75. The summed E-state index contributed by atoms with van der Waals surface area (Å²) in [5, 5.41) is 4.99. The van der Waals surface area contributed by atoms with E-state index >= 15 is 0 Å². The molecule has 3 aromatic carbocycles. The van der Waals surface area contributed by atoms with Crippen LogP contribution in [-0.2, 0) is 11.2 Å². The van der Waals surface area contributed by atoms with E-state index in [9.17, 15) is 4.79 Å². The molecule has 0 aliphatic heterocycles. The lowest BCUT2D eigenvalue weighted by Crippen LogP contribution is -1.88. The highest BCUT2D eigenvalue weighted by Crippen LogP contribution is 2.40. The van der Waals surface area contributed by atoms with E-state index in [1.165, 1.54) is 30.9 Å². The lowest BCUT2D eigenvalue weighted by atomic mass is 9.99. The van der Waals surface area contributed by atoms with Crippen molar-refractivity contribution >= 4 is 48.6 Å². The van der Waals surface area contributed by atoms with E-state index in [1.807, 2.05) is 17.4 Å². The third kappa shape index (κ3) is 1.58. The molecule has 0 aliphatic carbocycles. The Kier molecular flexibility index (Phi) is 2.57. The van der Waals surface area contributed by atoms with Gasteiger partial charge in [-0.2, -0.15) is 0 Å². The average Bonchev–Trinajstić information content (AvgIpc) is 2.87. The fraction of sp³-hybridized carbons (Fsp3) is 0.0556. The summed E-state index contributed by atoms with van der Waals surface area (Å²) >= 11 is 1.82. The molecule has 0 spiro atoms. The number of hydrogen-bond donors (Lipinski definition) is 0. The van der Waals surface area contributed by atoms with Gasteiger partial charge in [-0.25, -0.2) is 0 Å². The van der Waals surface area contributed by atoms with Crippen molar-refractivity contribution in [2.45, 2.75) is 6.42 Å². The Morgan fingerprint density at radius 2 is 1.70 bits per heavy atom. The monoisotopic (exact) mass is 276 g/mol. The predicted octanol–water partition coefficient (Wildman–Crippen LogP) is 4.95. The van der Waals surface area contributed by atoms with Gasteiger partial charge in [-0.05, 0) is 22.4 Å². The van der Waals surface area contributed by atoms with Gasteiger partial charge in [0.1, 0.15) is 6.29 Å². The number of fused-ring (bicyclic) bond motifs is 5. The Balaban J connectivity index is 2.29. The van der Waals surface area contributed by atoms with Gasteiger partial charge < -0.3 is 4.79 Å². The first kappa shape index (κ1) is 11.6. The van der Waals surface area contributed by atoms with E-state index in [2.05, 4.69) is 48.5 Å². The normalized spacial score (nSPS) is 11.4. The maximum absolute atomic E-state index is 11.0. The van der Waals surface area contributed by atoms with Gasteiger partial charge in [-0.15, -0.1) is 11.3 Å². The van der Waals surface area contributed by atoms with Gasteiger partial charge in [-0.3, -0.25) is 0 Å². The van der Waals surface area contributed by atoms with Crippen LogP contribution in [0.3, 0.4) is 0 Å². The van der Waals surface area contributed by atoms with Crippen molar-refractivity contribution in [3.05, 3.63) is 60.2 Å². The van der Waals surface area contributed by atoms with E-state index in [0.717, 1.165) is 11.8 Å². The van der Waals surface area contributed by atoms with E-state index in [-0.39, 0.29) is 0 Å². The molecule has 0 radical (unpaired) electrons. The fourth-order valence-electron chi connectivity index (χ4n) is 2.89. The van der Waals surface area contributed by atoms with E-state index < -0.39 is 0 Å². The van der Waals surface area contributed by atoms with Crippen LogP contribution in [0.1, 0.15) is 5.56 Å². The van der Waals surface area contributed by atoms with Crippen LogP contribution in [0.5, 0.6) is 0 Å². The van der Waals surface area contributed by atoms with Gasteiger partial charge in [0.2, 0.25) is 0 Å². The lowest BCUT2D eigenvalue weighted by Gasteiger charge is -2.05. The summed E-state index contributed by atoms with van der Waals surface area (Å²) in [6.45, 7) is 0. The number of carbonyl (C=O) groups excluding carboxylic acids is 1. The van der Waals surface area contributed by atoms with E-state index in [1.54, 1.807) is 0 Å². The summed E-state index contributed by atoms with van der Waals surface area (Å²) in [6.07, 6.45) is 1.47. The molecule has 0 N–H and O–H groups in total. The molecule has 20 heavy (non-hydrogen) atoms. The first-order valence-corrected chi connectivity index (χ1v) is 7.45. The molecule has 0 aliphatic rings. The first-order chi connectivity index (χ1) is 9.88. The van der Waals surface area contributed by atoms with Crippen LogP contribution in [0.15, 0.2) is 54.6 Å².